The van der Waals surface area contributed by atoms with Crippen LogP contribution in [0, 0.1) is 0 Å². The molecule has 0 radical (unpaired) electrons. The molecule has 0 fully saturated rings. The molecule has 0 aliphatic carbocycles. The van der Waals surface area contributed by atoms with Gasteiger partial charge in [-0.2, -0.15) is 13.2 Å². The monoisotopic (exact) mass is 434 g/mol. The fourth-order valence-electron chi connectivity index (χ4n) is 2.51. The van der Waals surface area contributed by atoms with E-state index in [1.54, 1.807) is 48.8 Å². The van der Waals surface area contributed by atoms with E-state index >= 15 is 0 Å². The molecular weight excluding hydrogens is 425 g/mol. The van der Waals surface area contributed by atoms with E-state index in [4.69, 9.17) is 9.15 Å². The van der Waals surface area contributed by atoms with Gasteiger partial charge in [0.05, 0.1) is 10.0 Å². The van der Waals surface area contributed by atoms with Gasteiger partial charge in [0.2, 0.25) is 5.89 Å². The Morgan fingerprint density at radius 1 is 0.963 bits per heavy atom. The van der Waals surface area contributed by atoms with E-state index in [-0.39, 0.29) is 21.5 Å². The first-order valence-corrected chi connectivity index (χ1v) is 8.55. The smallest absolute Gasteiger partial charge is 0.416 e. The number of oxazole rings is 1. The zero-order chi connectivity index (χ0) is 19.0. The van der Waals surface area contributed by atoms with E-state index in [0.717, 1.165) is 12.1 Å². The van der Waals surface area contributed by atoms with Crippen molar-refractivity contribution in [2.45, 2.75) is 6.18 Å². The zero-order valence-corrected chi connectivity index (χ0v) is 15.1. The summed E-state index contributed by atoms with van der Waals surface area (Å²) >= 11 is 3.12. The van der Waals surface area contributed by atoms with Crippen LogP contribution in [-0.2, 0) is 6.18 Å². The van der Waals surface area contributed by atoms with Gasteiger partial charge in [-0.05, 0) is 58.4 Å². The number of ether oxygens (including phenoxy) is 1. The Hall–Kier alpha value is -2.87. The standard InChI is InChI=1S/C19H10BrF3N2O2/c20-15-9-12(19(21,22)23)10-16-17(15)27-18(25-16)11-2-1-3-14(8-11)26-13-4-6-24-7-5-13/h1-10H. The van der Waals surface area contributed by atoms with Crippen LogP contribution in [0.5, 0.6) is 11.5 Å². The molecule has 4 rings (SSSR count). The van der Waals surface area contributed by atoms with E-state index < -0.39 is 11.7 Å². The van der Waals surface area contributed by atoms with Crippen LogP contribution in [0.1, 0.15) is 5.56 Å². The van der Waals surface area contributed by atoms with Crippen molar-refractivity contribution in [1.29, 1.82) is 0 Å². The van der Waals surface area contributed by atoms with Crippen LogP contribution in [0.25, 0.3) is 22.6 Å². The molecule has 0 saturated heterocycles. The van der Waals surface area contributed by atoms with Gasteiger partial charge >= 0.3 is 6.18 Å². The summed E-state index contributed by atoms with van der Waals surface area (Å²) in [5, 5.41) is 0. The molecule has 4 nitrogen and oxygen atoms in total. The van der Waals surface area contributed by atoms with Gasteiger partial charge in [-0.15, -0.1) is 0 Å². The van der Waals surface area contributed by atoms with Crippen molar-refractivity contribution >= 4 is 27.0 Å². The Morgan fingerprint density at radius 3 is 2.48 bits per heavy atom. The summed E-state index contributed by atoms with van der Waals surface area (Å²) in [7, 11) is 0. The van der Waals surface area contributed by atoms with Crippen LogP contribution in [0.2, 0.25) is 0 Å². The molecule has 0 aliphatic rings. The molecule has 0 unspecified atom stereocenters. The van der Waals surface area contributed by atoms with Gasteiger partial charge in [0.15, 0.2) is 5.58 Å². The number of halogens is 4. The Morgan fingerprint density at radius 2 is 1.74 bits per heavy atom. The van der Waals surface area contributed by atoms with E-state index in [1.807, 2.05) is 0 Å². The first kappa shape index (κ1) is 17.5. The van der Waals surface area contributed by atoms with Crippen molar-refractivity contribution in [2.24, 2.45) is 0 Å². The van der Waals surface area contributed by atoms with Crippen molar-refractivity contribution < 1.29 is 22.3 Å². The molecule has 2 aromatic carbocycles. The van der Waals surface area contributed by atoms with Crippen molar-refractivity contribution in [2.75, 3.05) is 0 Å². The molecule has 27 heavy (non-hydrogen) atoms. The lowest BCUT2D eigenvalue weighted by molar-refractivity contribution is -0.137. The minimum Gasteiger partial charge on any atom is -0.457 e. The summed E-state index contributed by atoms with van der Waals surface area (Å²) < 4.78 is 50.5. The maximum absolute atomic E-state index is 13.0. The predicted octanol–water partition coefficient (Wildman–Crippen LogP) is 6.46. The van der Waals surface area contributed by atoms with Gasteiger partial charge in [0, 0.05) is 18.0 Å². The lowest BCUT2D eigenvalue weighted by Gasteiger charge is -2.06. The largest absolute Gasteiger partial charge is 0.457 e. The maximum Gasteiger partial charge on any atom is 0.416 e. The number of hydrogen-bond donors (Lipinski definition) is 0. The summed E-state index contributed by atoms with van der Waals surface area (Å²) in [5.74, 6) is 1.35. The average Bonchev–Trinajstić information content (AvgIpc) is 3.07. The maximum atomic E-state index is 13.0. The van der Waals surface area contributed by atoms with Gasteiger partial charge in [0.1, 0.15) is 17.0 Å². The Bertz CT molecular complexity index is 1110. The van der Waals surface area contributed by atoms with Crippen molar-refractivity contribution in [3.8, 4) is 23.0 Å². The number of hydrogen-bond acceptors (Lipinski definition) is 4. The van der Waals surface area contributed by atoms with E-state index in [9.17, 15) is 13.2 Å². The van der Waals surface area contributed by atoms with Crippen molar-refractivity contribution in [1.82, 2.24) is 9.97 Å². The summed E-state index contributed by atoms with van der Waals surface area (Å²) in [6.07, 6.45) is -1.25. The van der Waals surface area contributed by atoms with Crippen LogP contribution in [0.4, 0.5) is 13.2 Å². The summed E-state index contributed by atoms with van der Waals surface area (Å²) in [6, 6.07) is 12.3. The quantitative estimate of drug-likeness (QED) is 0.371. The third-order valence-electron chi connectivity index (χ3n) is 3.74. The van der Waals surface area contributed by atoms with Gasteiger partial charge in [0.25, 0.3) is 0 Å². The molecule has 8 heteroatoms. The molecule has 0 aliphatic heterocycles. The van der Waals surface area contributed by atoms with Crippen molar-refractivity contribution in [3.63, 3.8) is 0 Å². The molecule has 0 saturated carbocycles. The number of aromatic nitrogens is 2. The lowest BCUT2D eigenvalue weighted by Crippen LogP contribution is -2.04. The number of rotatable bonds is 3. The second-order valence-electron chi connectivity index (χ2n) is 5.64. The summed E-state index contributed by atoms with van der Waals surface area (Å²) in [6.45, 7) is 0. The minimum atomic E-state index is -4.46. The third-order valence-corrected chi connectivity index (χ3v) is 4.33. The number of nitrogens with zero attached hydrogens (tertiary/aromatic N) is 2. The summed E-state index contributed by atoms with van der Waals surface area (Å²) in [5.41, 5.74) is 0.153. The summed E-state index contributed by atoms with van der Waals surface area (Å²) in [4.78, 5) is 8.12. The molecule has 0 spiro atoms. The molecule has 0 amide bonds. The highest BCUT2D eigenvalue weighted by atomic mass is 79.9. The number of pyridine rings is 1. The van der Waals surface area contributed by atoms with E-state index in [0.29, 0.717) is 17.1 Å². The topological polar surface area (TPSA) is 48.2 Å². The number of alkyl halides is 3. The van der Waals surface area contributed by atoms with Crippen LogP contribution in [-0.4, -0.2) is 9.97 Å². The van der Waals surface area contributed by atoms with Crippen molar-refractivity contribution in [3.05, 3.63) is 71.0 Å². The van der Waals surface area contributed by atoms with Gasteiger partial charge in [-0.3, -0.25) is 4.98 Å². The number of fused-ring (bicyclic) bond motifs is 1. The zero-order valence-electron chi connectivity index (χ0n) is 13.5. The Balaban J connectivity index is 1.72. The highest BCUT2D eigenvalue weighted by Crippen LogP contribution is 2.37. The first-order chi connectivity index (χ1) is 12.9. The van der Waals surface area contributed by atoms with E-state index in [1.165, 1.54) is 0 Å². The van der Waals surface area contributed by atoms with Gasteiger partial charge < -0.3 is 9.15 Å². The highest BCUT2D eigenvalue weighted by Gasteiger charge is 2.32. The Kier molecular flexibility index (Phi) is 4.35. The Labute approximate surface area is 159 Å². The molecule has 0 N–H and O–H groups in total. The first-order valence-electron chi connectivity index (χ1n) is 7.76. The normalized spacial score (nSPS) is 11.7. The molecule has 0 bridgehead atoms. The van der Waals surface area contributed by atoms with Crippen LogP contribution < -0.4 is 4.74 Å². The average molecular weight is 435 g/mol. The fourth-order valence-corrected chi connectivity index (χ4v) is 3.04. The lowest BCUT2D eigenvalue weighted by atomic mass is 10.2. The van der Waals surface area contributed by atoms with Crippen LogP contribution >= 0.6 is 15.9 Å². The predicted molar refractivity (Wildman–Crippen MR) is 96.5 cm³/mol. The SMILES string of the molecule is FC(F)(F)c1cc(Br)c2oc(-c3cccc(Oc4ccncc4)c3)nc2c1. The molecule has 136 valence electrons. The third kappa shape index (κ3) is 3.66. The highest BCUT2D eigenvalue weighted by molar-refractivity contribution is 9.10. The second-order valence-corrected chi connectivity index (χ2v) is 6.49. The molecular formula is C19H10BrF3N2O2. The molecule has 2 aromatic heterocycles. The number of benzene rings is 2. The second kappa shape index (κ2) is 6.70. The van der Waals surface area contributed by atoms with Crippen LogP contribution in [0.3, 0.4) is 0 Å². The molecule has 2 heterocycles. The fraction of sp³-hybridized carbons (Fsp3) is 0.0526. The minimum absolute atomic E-state index is 0.118. The van der Waals surface area contributed by atoms with Gasteiger partial charge in [-0.25, -0.2) is 4.98 Å². The molecule has 4 aromatic rings. The van der Waals surface area contributed by atoms with Gasteiger partial charge in [-0.1, -0.05) is 6.07 Å². The van der Waals surface area contributed by atoms with E-state index in [2.05, 4.69) is 25.9 Å². The molecule has 0 atom stereocenters. The van der Waals surface area contributed by atoms with Crippen LogP contribution in [0.15, 0.2) is 69.8 Å².